The number of nitrogens with one attached hydrogen (secondary N) is 1. The summed E-state index contributed by atoms with van der Waals surface area (Å²) in [6.45, 7) is 2.74. The first-order valence-electron chi connectivity index (χ1n) is 11.9. The number of aromatic nitrogens is 3. The summed E-state index contributed by atoms with van der Waals surface area (Å²) in [5.41, 5.74) is 4.85. The SMILES string of the molecule is O=CCN1CCc2nc(Nc3ccc(-c4cnco4)cc3)nc(N(CCO)Cc3ccccc3)c2C1. The van der Waals surface area contributed by atoms with E-state index >= 15 is 0 Å². The molecular formula is C27H28N6O3. The predicted molar refractivity (Wildman–Crippen MR) is 137 cm³/mol. The lowest BCUT2D eigenvalue weighted by atomic mass is 10.1. The van der Waals surface area contributed by atoms with Crippen molar-refractivity contribution in [1.82, 2.24) is 19.9 Å². The Morgan fingerprint density at radius 1 is 1.11 bits per heavy atom. The quantitative estimate of drug-likeness (QED) is 0.327. The van der Waals surface area contributed by atoms with Crippen LogP contribution in [0.4, 0.5) is 17.5 Å². The number of aldehydes is 1. The van der Waals surface area contributed by atoms with Gasteiger partial charge in [-0.15, -0.1) is 0 Å². The molecule has 0 saturated carbocycles. The summed E-state index contributed by atoms with van der Waals surface area (Å²) < 4.78 is 5.37. The van der Waals surface area contributed by atoms with Crippen LogP contribution in [0.2, 0.25) is 0 Å². The first-order chi connectivity index (χ1) is 17.7. The Balaban J connectivity index is 1.47. The van der Waals surface area contributed by atoms with Gasteiger partial charge in [0.1, 0.15) is 12.1 Å². The van der Waals surface area contributed by atoms with E-state index in [1.165, 1.54) is 6.39 Å². The van der Waals surface area contributed by atoms with Crippen LogP contribution in [0.3, 0.4) is 0 Å². The van der Waals surface area contributed by atoms with E-state index in [4.69, 9.17) is 14.4 Å². The first kappa shape index (κ1) is 23.7. The second-order valence-electron chi connectivity index (χ2n) is 8.65. The molecule has 36 heavy (non-hydrogen) atoms. The molecule has 1 aliphatic heterocycles. The zero-order chi connectivity index (χ0) is 24.7. The Morgan fingerprint density at radius 3 is 2.67 bits per heavy atom. The summed E-state index contributed by atoms with van der Waals surface area (Å²) in [6.07, 6.45) is 4.74. The number of nitrogens with zero attached hydrogens (tertiary/aromatic N) is 5. The first-order valence-corrected chi connectivity index (χ1v) is 11.9. The number of rotatable bonds is 10. The Morgan fingerprint density at radius 2 is 1.94 bits per heavy atom. The third-order valence-electron chi connectivity index (χ3n) is 6.19. The van der Waals surface area contributed by atoms with Crippen molar-refractivity contribution in [1.29, 1.82) is 0 Å². The Labute approximate surface area is 209 Å². The van der Waals surface area contributed by atoms with Crippen LogP contribution in [0.25, 0.3) is 11.3 Å². The van der Waals surface area contributed by atoms with Crippen molar-refractivity contribution >= 4 is 23.7 Å². The fourth-order valence-electron chi connectivity index (χ4n) is 4.42. The zero-order valence-electron chi connectivity index (χ0n) is 19.9. The standard InChI is InChI=1S/C27H28N6O3/c34-14-12-32-11-10-24-23(18-32)26(33(13-15-35)17-20-4-2-1-3-5-20)31-27(30-24)29-22-8-6-21(7-9-22)25-16-28-19-36-25/h1-9,14,16,19,35H,10-13,15,17-18H2,(H,29,30,31). The molecule has 9 nitrogen and oxygen atoms in total. The Bertz CT molecular complexity index is 1280. The van der Waals surface area contributed by atoms with Crippen LogP contribution >= 0.6 is 0 Å². The molecule has 2 aromatic carbocycles. The summed E-state index contributed by atoms with van der Waals surface area (Å²) in [5.74, 6) is 1.97. The van der Waals surface area contributed by atoms with Crippen molar-refractivity contribution in [2.75, 3.05) is 36.5 Å². The van der Waals surface area contributed by atoms with Crippen LogP contribution in [-0.2, 0) is 24.3 Å². The van der Waals surface area contributed by atoms with E-state index in [-0.39, 0.29) is 6.61 Å². The summed E-state index contributed by atoms with van der Waals surface area (Å²) in [7, 11) is 0. The number of hydrogen-bond acceptors (Lipinski definition) is 9. The molecule has 0 aliphatic carbocycles. The Hall–Kier alpha value is -4.08. The molecule has 5 rings (SSSR count). The van der Waals surface area contributed by atoms with Gasteiger partial charge in [-0.3, -0.25) is 4.90 Å². The molecule has 0 spiro atoms. The molecule has 184 valence electrons. The highest BCUT2D eigenvalue weighted by atomic mass is 16.3. The average Bonchev–Trinajstić information content (AvgIpc) is 3.45. The molecule has 0 radical (unpaired) electrons. The van der Waals surface area contributed by atoms with Crippen LogP contribution in [-0.4, -0.2) is 57.5 Å². The van der Waals surface area contributed by atoms with Gasteiger partial charge in [0.2, 0.25) is 5.95 Å². The Kier molecular flexibility index (Phi) is 7.30. The lowest BCUT2D eigenvalue weighted by Gasteiger charge is -2.32. The van der Waals surface area contributed by atoms with Crippen LogP contribution in [0, 0.1) is 0 Å². The van der Waals surface area contributed by atoms with Crippen molar-refractivity contribution in [3.8, 4) is 11.3 Å². The van der Waals surface area contributed by atoms with Crippen LogP contribution in [0.5, 0.6) is 0 Å². The summed E-state index contributed by atoms with van der Waals surface area (Å²) in [5, 5.41) is 13.2. The number of anilines is 3. The van der Waals surface area contributed by atoms with E-state index in [9.17, 15) is 9.90 Å². The van der Waals surface area contributed by atoms with Crippen molar-refractivity contribution in [2.24, 2.45) is 0 Å². The molecule has 2 N–H and O–H groups in total. The van der Waals surface area contributed by atoms with Crippen LogP contribution in [0.1, 0.15) is 16.8 Å². The molecule has 4 aromatic rings. The highest BCUT2D eigenvalue weighted by Crippen LogP contribution is 2.30. The minimum absolute atomic E-state index is 0.00444. The van der Waals surface area contributed by atoms with E-state index in [0.29, 0.717) is 37.9 Å². The summed E-state index contributed by atoms with van der Waals surface area (Å²) in [4.78, 5) is 29.1. The maximum Gasteiger partial charge on any atom is 0.229 e. The number of hydrogen-bond donors (Lipinski definition) is 2. The third-order valence-corrected chi connectivity index (χ3v) is 6.19. The van der Waals surface area contributed by atoms with Crippen LogP contribution in [0.15, 0.2) is 71.6 Å². The number of benzene rings is 2. The molecule has 2 aromatic heterocycles. The van der Waals surface area contributed by atoms with Gasteiger partial charge in [-0.05, 0) is 29.8 Å². The lowest BCUT2D eigenvalue weighted by Crippen LogP contribution is -2.36. The topological polar surface area (TPSA) is 108 Å². The monoisotopic (exact) mass is 484 g/mol. The fourth-order valence-corrected chi connectivity index (χ4v) is 4.42. The van der Waals surface area contributed by atoms with Gasteiger partial charge in [0.25, 0.3) is 0 Å². The fraction of sp³-hybridized carbons (Fsp3) is 0.259. The molecule has 9 heteroatoms. The highest BCUT2D eigenvalue weighted by Gasteiger charge is 2.25. The molecule has 0 fully saturated rings. The van der Waals surface area contributed by atoms with Gasteiger partial charge in [-0.25, -0.2) is 9.97 Å². The summed E-state index contributed by atoms with van der Waals surface area (Å²) >= 11 is 0. The van der Waals surface area contributed by atoms with Gasteiger partial charge in [0.15, 0.2) is 12.2 Å². The number of aliphatic hydroxyl groups is 1. The zero-order valence-corrected chi connectivity index (χ0v) is 19.9. The maximum absolute atomic E-state index is 11.2. The van der Waals surface area contributed by atoms with Gasteiger partial charge >= 0.3 is 0 Å². The summed E-state index contributed by atoms with van der Waals surface area (Å²) in [6, 6.07) is 17.9. The van der Waals surface area contributed by atoms with E-state index in [0.717, 1.165) is 53.1 Å². The van der Waals surface area contributed by atoms with E-state index < -0.39 is 0 Å². The molecule has 3 heterocycles. The number of oxazole rings is 1. The lowest BCUT2D eigenvalue weighted by molar-refractivity contribution is -0.109. The molecule has 0 atom stereocenters. The second kappa shape index (κ2) is 11.1. The molecule has 0 bridgehead atoms. The second-order valence-corrected chi connectivity index (χ2v) is 8.65. The minimum atomic E-state index is -0.00444. The van der Waals surface area contributed by atoms with Gasteiger partial charge in [0, 0.05) is 49.4 Å². The normalized spacial score (nSPS) is 13.2. The van der Waals surface area contributed by atoms with Crippen molar-refractivity contribution < 1.29 is 14.3 Å². The smallest absolute Gasteiger partial charge is 0.229 e. The number of carbonyl (C=O) groups excluding carboxylic acids is 1. The number of fused-ring (bicyclic) bond motifs is 1. The van der Waals surface area contributed by atoms with Crippen LogP contribution < -0.4 is 10.2 Å². The van der Waals surface area contributed by atoms with Gasteiger partial charge in [0.05, 0.1) is 25.0 Å². The molecule has 0 amide bonds. The van der Waals surface area contributed by atoms with Gasteiger partial charge in [-0.1, -0.05) is 30.3 Å². The molecule has 0 saturated heterocycles. The average molecular weight is 485 g/mol. The molecule has 1 aliphatic rings. The van der Waals surface area contributed by atoms with Gasteiger partial charge in [-0.2, -0.15) is 4.98 Å². The number of aliphatic hydroxyl groups excluding tert-OH is 1. The largest absolute Gasteiger partial charge is 0.444 e. The van der Waals surface area contributed by atoms with E-state index in [2.05, 4.69) is 32.2 Å². The highest BCUT2D eigenvalue weighted by molar-refractivity contribution is 5.64. The third kappa shape index (κ3) is 5.42. The molecule has 0 unspecified atom stereocenters. The predicted octanol–water partition coefficient (Wildman–Crippen LogP) is 3.43. The number of carbonyl (C=O) groups is 1. The molecular weight excluding hydrogens is 456 g/mol. The minimum Gasteiger partial charge on any atom is -0.444 e. The van der Waals surface area contributed by atoms with Crippen molar-refractivity contribution in [3.63, 3.8) is 0 Å². The van der Waals surface area contributed by atoms with Crippen molar-refractivity contribution in [2.45, 2.75) is 19.5 Å². The van der Waals surface area contributed by atoms with Gasteiger partial charge < -0.3 is 24.5 Å². The maximum atomic E-state index is 11.2. The van der Waals surface area contributed by atoms with E-state index in [1.807, 2.05) is 42.5 Å². The van der Waals surface area contributed by atoms with Crippen molar-refractivity contribution in [3.05, 3.63) is 84.0 Å². The van der Waals surface area contributed by atoms with E-state index in [1.54, 1.807) is 6.20 Å².